The van der Waals surface area contributed by atoms with Gasteiger partial charge in [-0.25, -0.2) is 0 Å². The molecule has 0 radical (unpaired) electrons. The van der Waals surface area contributed by atoms with Gasteiger partial charge in [-0.05, 0) is 36.5 Å². The number of aromatic nitrogens is 1. The Morgan fingerprint density at radius 3 is 2.15 bits per heavy atom. The second-order valence-corrected chi connectivity index (χ2v) is 6.67. The summed E-state index contributed by atoms with van der Waals surface area (Å²) < 4.78 is 2.12. The molecule has 1 amide bonds. The van der Waals surface area contributed by atoms with E-state index in [1.807, 2.05) is 25.1 Å². The van der Waals surface area contributed by atoms with E-state index in [0.717, 1.165) is 40.1 Å². The lowest BCUT2D eigenvalue weighted by atomic mass is 9.96. The van der Waals surface area contributed by atoms with Crippen molar-refractivity contribution < 1.29 is 9.90 Å². The van der Waals surface area contributed by atoms with Gasteiger partial charge in [0.05, 0.1) is 5.56 Å². The van der Waals surface area contributed by atoms with Gasteiger partial charge in [-0.15, -0.1) is 0 Å². The van der Waals surface area contributed by atoms with E-state index in [9.17, 15) is 9.90 Å². The number of aliphatic hydroxyl groups is 1. The quantitative estimate of drug-likeness (QED) is 0.662. The molecule has 3 rings (SSSR count). The predicted molar refractivity (Wildman–Crippen MR) is 110 cm³/mol. The second kappa shape index (κ2) is 8.23. The van der Waals surface area contributed by atoms with E-state index in [4.69, 9.17) is 5.73 Å². The highest BCUT2D eigenvalue weighted by Gasteiger charge is 2.23. The summed E-state index contributed by atoms with van der Waals surface area (Å²) in [7, 11) is 0. The molecule has 4 heteroatoms. The van der Waals surface area contributed by atoms with Crippen molar-refractivity contribution in [2.24, 2.45) is 5.73 Å². The van der Waals surface area contributed by atoms with E-state index < -0.39 is 5.91 Å². The van der Waals surface area contributed by atoms with E-state index in [2.05, 4.69) is 47.9 Å². The molecule has 1 aromatic heterocycles. The number of rotatable bonds is 7. The fourth-order valence-corrected chi connectivity index (χ4v) is 3.77. The number of amides is 1. The number of nitrogens with two attached hydrogens (primary N) is 1. The maximum atomic E-state index is 12.2. The Morgan fingerprint density at radius 2 is 1.59 bits per heavy atom. The molecule has 0 atom stereocenters. The molecule has 2 aromatic carbocycles. The third-order valence-corrected chi connectivity index (χ3v) is 5.03. The van der Waals surface area contributed by atoms with E-state index in [-0.39, 0.29) is 6.61 Å². The van der Waals surface area contributed by atoms with Crippen molar-refractivity contribution in [3.8, 4) is 22.3 Å². The van der Waals surface area contributed by atoms with Crippen LogP contribution in [-0.2, 0) is 13.0 Å². The minimum absolute atomic E-state index is 0.119. The second-order valence-electron chi connectivity index (χ2n) is 6.67. The molecule has 3 aromatic rings. The smallest absolute Gasteiger partial charge is 0.251 e. The van der Waals surface area contributed by atoms with Crippen LogP contribution in [0.25, 0.3) is 22.3 Å². The van der Waals surface area contributed by atoms with Crippen LogP contribution >= 0.6 is 0 Å². The summed E-state index contributed by atoms with van der Waals surface area (Å²) in [5.74, 6) is -0.410. The third kappa shape index (κ3) is 3.67. The molecule has 0 saturated heterocycles. The summed E-state index contributed by atoms with van der Waals surface area (Å²) in [6, 6.07) is 18.5. The molecule has 0 bridgehead atoms. The van der Waals surface area contributed by atoms with Gasteiger partial charge in [-0.1, -0.05) is 61.5 Å². The van der Waals surface area contributed by atoms with Gasteiger partial charge in [-0.3, -0.25) is 4.79 Å². The Morgan fingerprint density at radius 1 is 1.00 bits per heavy atom. The molecule has 140 valence electrons. The minimum Gasteiger partial charge on any atom is -0.396 e. The van der Waals surface area contributed by atoms with E-state index in [1.54, 1.807) is 0 Å². The number of carbonyl (C=O) groups excluding carboxylic acids is 1. The fourth-order valence-electron chi connectivity index (χ4n) is 3.77. The lowest BCUT2D eigenvalue weighted by Crippen LogP contribution is -2.13. The normalized spacial score (nSPS) is 10.9. The number of primary amides is 1. The van der Waals surface area contributed by atoms with Crippen molar-refractivity contribution >= 4 is 5.91 Å². The average molecular weight is 362 g/mol. The molecule has 0 aliphatic heterocycles. The van der Waals surface area contributed by atoms with Crippen molar-refractivity contribution in [3.63, 3.8) is 0 Å². The van der Waals surface area contributed by atoms with Crippen LogP contribution in [-0.4, -0.2) is 22.2 Å². The molecule has 1 heterocycles. The summed E-state index contributed by atoms with van der Waals surface area (Å²) in [4.78, 5) is 12.2. The number of carbonyl (C=O) groups is 1. The Hall–Kier alpha value is -2.85. The summed E-state index contributed by atoms with van der Waals surface area (Å²) in [5, 5.41) is 9.22. The van der Waals surface area contributed by atoms with Crippen molar-refractivity contribution in [2.45, 2.75) is 33.2 Å². The molecular weight excluding hydrogens is 336 g/mol. The highest BCUT2D eigenvalue weighted by atomic mass is 16.3. The van der Waals surface area contributed by atoms with Gasteiger partial charge in [0.15, 0.2) is 0 Å². The van der Waals surface area contributed by atoms with Crippen LogP contribution in [0.15, 0.2) is 54.6 Å². The molecule has 0 spiro atoms. The van der Waals surface area contributed by atoms with Gasteiger partial charge in [-0.2, -0.15) is 0 Å². The summed E-state index contributed by atoms with van der Waals surface area (Å²) in [6.07, 6.45) is 1.43. The van der Waals surface area contributed by atoms with Crippen molar-refractivity contribution in [1.82, 2.24) is 4.57 Å². The zero-order valence-corrected chi connectivity index (χ0v) is 15.9. The van der Waals surface area contributed by atoms with Gasteiger partial charge in [0, 0.05) is 30.1 Å². The van der Waals surface area contributed by atoms with Crippen molar-refractivity contribution in [3.05, 3.63) is 71.5 Å². The molecule has 0 aliphatic rings. The molecule has 0 aliphatic carbocycles. The fraction of sp³-hybridized carbons (Fsp3) is 0.261. The van der Waals surface area contributed by atoms with Crippen molar-refractivity contribution in [1.29, 1.82) is 0 Å². The van der Waals surface area contributed by atoms with Gasteiger partial charge in [0.2, 0.25) is 0 Å². The highest BCUT2D eigenvalue weighted by Crippen LogP contribution is 2.34. The van der Waals surface area contributed by atoms with Crippen LogP contribution in [0.4, 0.5) is 0 Å². The largest absolute Gasteiger partial charge is 0.396 e. The zero-order valence-electron chi connectivity index (χ0n) is 15.9. The van der Waals surface area contributed by atoms with Crippen LogP contribution in [0.5, 0.6) is 0 Å². The maximum absolute atomic E-state index is 12.2. The number of aliphatic hydroxyl groups excluding tert-OH is 1. The molecular formula is C23H26N2O2. The van der Waals surface area contributed by atoms with Crippen LogP contribution in [0.2, 0.25) is 0 Å². The summed E-state index contributed by atoms with van der Waals surface area (Å²) >= 11 is 0. The lowest BCUT2D eigenvalue weighted by molar-refractivity contribution is 0.1000. The molecule has 0 fully saturated rings. The molecule has 3 N–H and O–H groups in total. The van der Waals surface area contributed by atoms with Gasteiger partial charge >= 0.3 is 0 Å². The number of hydrogen-bond acceptors (Lipinski definition) is 2. The topological polar surface area (TPSA) is 68.2 Å². The van der Waals surface area contributed by atoms with Crippen LogP contribution in [0.1, 0.15) is 35.1 Å². The Labute approximate surface area is 160 Å². The maximum Gasteiger partial charge on any atom is 0.251 e. The Balaban J connectivity index is 2.11. The van der Waals surface area contributed by atoms with E-state index >= 15 is 0 Å². The zero-order chi connectivity index (χ0) is 19.4. The van der Waals surface area contributed by atoms with Gasteiger partial charge in [0.1, 0.15) is 0 Å². The van der Waals surface area contributed by atoms with Crippen LogP contribution < -0.4 is 5.73 Å². The SMILES string of the molecule is CCc1c(-c2ccc(-c3ccccc3)cc2)c(C(N)=O)c(C)n1CCCO. The first-order valence-corrected chi connectivity index (χ1v) is 9.37. The highest BCUT2D eigenvalue weighted by molar-refractivity contribution is 6.02. The molecule has 4 nitrogen and oxygen atoms in total. The number of hydrogen-bond donors (Lipinski definition) is 2. The molecule has 0 unspecified atom stereocenters. The van der Waals surface area contributed by atoms with Crippen LogP contribution in [0, 0.1) is 6.92 Å². The first-order valence-electron chi connectivity index (χ1n) is 9.37. The van der Waals surface area contributed by atoms with Crippen molar-refractivity contribution in [2.75, 3.05) is 6.61 Å². The standard InChI is InChI=1S/C23H26N2O2/c1-3-20-22(21(23(24)27)16(2)25(20)14-7-15-26)19-12-10-18(11-13-19)17-8-5-4-6-9-17/h4-6,8-13,26H,3,7,14-15H2,1-2H3,(H2,24,27). The number of nitrogens with zero attached hydrogens (tertiary/aromatic N) is 1. The first-order chi connectivity index (χ1) is 13.1. The summed E-state index contributed by atoms with van der Waals surface area (Å²) in [6.45, 7) is 4.80. The molecule has 27 heavy (non-hydrogen) atoms. The lowest BCUT2D eigenvalue weighted by Gasteiger charge is -2.11. The Kier molecular flexibility index (Phi) is 5.77. The van der Waals surface area contributed by atoms with Gasteiger partial charge in [0.25, 0.3) is 5.91 Å². The number of benzene rings is 2. The van der Waals surface area contributed by atoms with Crippen LogP contribution in [0.3, 0.4) is 0 Å². The third-order valence-electron chi connectivity index (χ3n) is 5.03. The average Bonchev–Trinajstić information content (AvgIpc) is 2.98. The van der Waals surface area contributed by atoms with E-state index in [0.29, 0.717) is 18.5 Å². The first kappa shape index (κ1) is 18.9. The van der Waals surface area contributed by atoms with Gasteiger partial charge < -0.3 is 15.4 Å². The molecule has 0 saturated carbocycles. The minimum atomic E-state index is -0.410. The van der Waals surface area contributed by atoms with E-state index in [1.165, 1.54) is 0 Å². The predicted octanol–water partition coefficient (Wildman–Crippen LogP) is 4.17. The Bertz CT molecular complexity index is 925. The summed E-state index contributed by atoms with van der Waals surface area (Å²) in [5.41, 5.74) is 12.5. The monoisotopic (exact) mass is 362 g/mol.